The van der Waals surface area contributed by atoms with Gasteiger partial charge in [-0.1, -0.05) is 115 Å². The van der Waals surface area contributed by atoms with Crippen molar-refractivity contribution in [3.8, 4) is 39.2 Å². The molecule has 0 unspecified atom stereocenters. The number of hydrogen-bond donors (Lipinski definition) is 0. The molecule has 0 spiro atoms. The molecule has 0 aliphatic carbocycles. The van der Waals surface area contributed by atoms with Crippen molar-refractivity contribution in [1.82, 2.24) is 9.78 Å². The Morgan fingerprint density at radius 3 is 2.06 bits per heavy atom. The molecule has 162 valence electrons. The molecule has 1 heterocycles. The summed E-state index contributed by atoms with van der Waals surface area (Å²) in [5.74, 6) is 0. The lowest BCUT2D eigenvalue weighted by Crippen LogP contribution is -2.04. The Labute approximate surface area is 196 Å². The van der Waals surface area contributed by atoms with Gasteiger partial charge in [0.25, 0.3) is 0 Å². The van der Waals surface area contributed by atoms with Crippen LogP contribution >= 0.6 is 0 Å². The summed E-state index contributed by atoms with van der Waals surface area (Å²) in [7, 11) is 0. The largest absolute Gasteiger partial charge is 0.236 e. The van der Waals surface area contributed by atoms with Crippen molar-refractivity contribution in [2.45, 2.75) is 27.2 Å². The van der Waals surface area contributed by atoms with Crippen LogP contribution in [-0.4, -0.2) is 9.78 Å². The standard InChI is InChI=1S/C31H28N2/c1-4-28-30(24-12-6-5-7-13-24)31(25-19-17-22(2)18-20-25)32-33(28)29-16-9-8-15-27(29)26-14-10-11-23(3)21-26/h5-21H,4H2,1-3H3. The molecule has 5 rings (SSSR count). The van der Waals surface area contributed by atoms with E-state index in [2.05, 4.69) is 129 Å². The van der Waals surface area contributed by atoms with Crippen molar-refractivity contribution < 1.29 is 0 Å². The van der Waals surface area contributed by atoms with Crippen molar-refractivity contribution in [3.63, 3.8) is 0 Å². The molecule has 0 aliphatic rings. The summed E-state index contributed by atoms with van der Waals surface area (Å²) < 4.78 is 2.16. The quantitative estimate of drug-likeness (QED) is 0.277. The molecular formula is C31H28N2. The van der Waals surface area contributed by atoms with E-state index in [1.165, 1.54) is 39.1 Å². The van der Waals surface area contributed by atoms with Crippen LogP contribution in [0.25, 0.3) is 39.2 Å². The Morgan fingerprint density at radius 1 is 0.636 bits per heavy atom. The molecule has 5 aromatic rings. The number of nitrogens with zero attached hydrogens (tertiary/aromatic N) is 2. The predicted octanol–water partition coefficient (Wildman–Crippen LogP) is 8.05. The van der Waals surface area contributed by atoms with Crippen molar-refractivity contribution in [3.05, 3.63) is 120 Å². The molecule has 1 aromatic heterocycles. The van der Waals surface area contributed by atoms with Crippen molar-refractivity contribution in [2.75, 3.05) is 0 Å². The van der Waals surface area contributed by atoms with Crippen LogP contribution in [0, 0.1) is 13.8 Å². The van der Waals surface area contributed by atoms with Gasteiger partial charge in [-0.25, -0.2) is 4.68 Å². The fraction of sp³-hybridized carbons (Fsp3) is 0.129. The van der Waals surface area contributed by atoms with Crippen LogP contribution < -0.4 is 0 Å². The number of rotatable bonds is 5. The lowest BCUT2D eigenvalue weighted by atomic mass is 9.97. The first kappa shape index (κ1) is 21.0. The minimum absolute atomic E-state index is 0.880. The van der Waals surface area contributed by atoms with Crippen LogP contribution in [0.1, 0.15) is 23.7 Å². The van der Waals surface area contributed by atoms with Crippen molar-refractivity contribution >= 4 is 0 Å². The third kappa shape index (κ3) is 4.01. The Bertz CT molecular complexity index is 1390. The summed E-state index contributed by atoms with van der Waals surface area (Å²) in [5.41, 5.74) is 11.8. The molecule has 0 bridgehead atoms. The third-order valence-electron chi connectivity index (χ3n) is 6.16. The highest BCUT2D eigenvalue weighted by molar-refractivity contribution is 5.84. The van der Waals surface area contributed by atoms with Gasteiger partial charge in [0.05, 0.1) is 11.4 Å². The van der Waals surface area contributed by atoms with E-state index in [0.717, 1.165) is 23.4 Å². The van der Waals surface area contributed by atoms with Crippen LogP contribution in [0.2, 0.25) is 0 Å². The molecule has 0 amide bonds. The summed E-state index contributed by atoms with van der Waals surface area (Å²) in [6.07, 6.45) is 0.880. The molecule has 0 saturated carbocycles. The smallest absolute Gasteiger partial charge is 0.101 e. The summed E-state index contributed by atoms with van der Waals surface area (Å²) >= 11 is 0. The van der Waals surface area contributed by atoms with Gasteiger partial charge in [0.2, 0.25) is 0 Å². The molecule has 4 aromatic carbocycles. The van der Waals surface area contributed by atoms with Gasteiger partial charge in [-0.05, 0) is 37.5 Å². The van der Waals surface area contributed by atoms with Gasteiger partial charge in [-0.15, -0.1) is 0 Å². The zero-order valence-corrected chi connectivity index (χ0v) is 19.4. The number of para-hydroxylation sites is 1. The summed E-state index contributed by atoms with van der Waals surface area (Å²) in [6.45, 7) is 6.48. The van der Waals surface area contributed by atoms with Gasteiger partial charge in [0, 0.05) is 16.7 Å². The van der Waals surface area contributed by atoms with Crippen LogP contribution in [0.15, 0.2) is 103 Å². The van der Waals surface area contributed by atoms with Gasteiger partial charge in [0.15, 0.2) is 0 Å². The maximum absolute atomic E-state index is 5.25. The first-order valence-corrected chi connectivity index (χ1v) is 11.6. The van der Waals surface area contributed by atoms with Gasteiger partial charge >= 0.3 is 0 Å². The minimum Gasteiger partial charge on any atom is -0.236 e. The molecule has 2 nitrogen and oxygen atoms in total. The predicted molar refractivity (Wildman–Crippen MR) is 139 cm³/mol. The monoisotopic (exact) mass is 428 g/mol. The van der Waals surface area contributed by atoms with E-state index < -0.39 is 0 Å². The van der Waals surface area contributed by atoms with Gasteiger partial charge in [-0.3, -0.25) is 0 Å². The lowest BCUT2D eigenvalue weighted by molar-refractivity contribution is 0.818. The van der Waals surface area contributed by atoms with E-state index in [0.29, 0.717) is 0 Å². The first-order valence-electron chi connectivity index (χ1n) is 11.6. The highest BCUT2D eigenvalue weighted by Crippen LogP contribution is 2.38. The van der Waals surface area contributed by atoms with E-state index in [4.69, 9.17) is 5.10 Å². The van der Waals surface area contributed by atoms with E-state index in [1.54, 1.807) is 0 Å². The van der Waals surface area contributed by atoms with E-state index in [-0.39, 0.29) is 0 Å². The van der Waals surface area contributed by atoms with Gasteiger partial charge in [0.1, 0.15) is 5.69 Å². The Morgan fingerprint density at radius 2 is 1.33 bits per heavy atom. The van der Waals surface area contributed by atoms with E-state index in [1.807, 2.05) is 0 Å². The zero-order valence-electron chi connectivity index (χ0n) is 19.4. The van der Waals surface area contributed by atoms with E-state index >= 15 is 0 Å². The Kier molecular flexibility index (Phi) is 5.66. The molecule has 0 aliphatic heterocycles. The van der Waals surface area contributed by atoms with Crippen LogP contribution in [-0.2, 0) is 6.42 Å². The second-order valence-corrected chi connectivity index (χ2v) is 8.55. The topological polar surface area (TPSA) is 17.8 Å². The number of benzene rings is 4. The SMILES string of the molecule is CCc1c(-c2ccccc2)c(-c2ccc(C)cc2)nn1-c1ccccc1-c1cccc(C)c1. The Hall–Kier alpha value is -3.91. The van der Waals surface area contributed by atoms with Crippen molar-refractivity contribution in [2.24, 2.45) is 0 Å². The van der Waals surface area contributed by atoms with Crippen LogP contribution in [0.5, 0.6) is 0 Å². The second kappa shape index (κ2) is 8.91. The number of aryl methyl sites for hydroxylation is 2. The molecule has 2 heteroatoms. The average molecular weight is 429 g/mol. The number of aromatic nitrogens is 2. The maximum atomic E-state index is 5.25. The molecule has 33 heavy (non-hydrogen) atoms. The fourth-order valence-electron chi connectivity index (χ4n) is 4.52. The highest BCUT2D eigenvalue weighted by Gasteiger charge is 2.22. The summed E-state index contributed by atoms with van der Waals surface area (Å²) in [6, 6.07) is 36.6. The average Bonchev–Trinajstić information content (AvgIpc) is 3.24. The lowest BCUT2D eigenvalue weighted by Gasteiger charge is -2.13. The molecule has 0 saturated heterocycles. The van der Waals surface area contributed by atoms with Gasteiger partial charge in [-0.2, -0.15) is 5.10 Å². The van der Waals surface area contributed by atoms with Gasteiger partial charge < -0.3 is 0 Å². The first-order chi connectivity index (χ1) is 16.2. The summed E-state index contributed by atoms with van der Waals surface area (Å²) in [4.78, 5) is 0. The zero-order chi connectivity index (χ0) is 22.8. The van der Waals surface area contributed by atoms with Crippen LogP contribution in [0.3, 0.4) is 0 Å². The molecule has 0 fully saturated rings. The number of hydrogen-bond acceptors (Lipinski definition) is 1. The third-order valence-corrected chi connectivity index (χ3v) is 6.16. The summed E-state index contributed by atoms with van der Waals surface area (Å²) in [5, 5.41) is 5.25. The van der Waals surface area contributed by atoms with Crippen molar-refractivity contribution in [1.29, 1.82) is 0 Å². The van der Waals surface area contributed by atoms with Crippen LogP contribution in [0.4, 0.5) is 0 Å². The molecular weight excluding hydrogens is 400 g/mol. The molecule has 0 atom stereocenters. The molecule has 0 N–H and O–H groups in total. The Balaban J connectivity index is 1.79. The molecule has 0 radical (unpaired) electrons. The van der Waals surface area contributed by atoms with E-state index in [9.17, 15) is 0 Å². The normalized spacial score (nSPS) is 11.0. The highest BCUT2D eigenvalue weighted by atomic mass is 15.3. The fourth-order valence-corrected chi connectivity index (χ4v) is 4.52. The minimum atomic E-state index is 0.880. The second-order valence-electron chi connectivity index (χ2n) is 8.55. The maximum Gasteiger partial charge on any atom is 0.101 e.